The first kappa shape index (κ1) is 20.8. The van der Waals surface area contributed by atoms with Crippen molar-refractivity contribution in [3.05, 3.63) is 64.6 Å². The molecule has 1 unspecified atom stereocenters. The molecular weight excluding hydrogens is 373 g/mol. The lowest BCUT2D eigenvalue weighted by Gasteiger charge is -2.28. The Balaban J connectivity index is 2.89. The van der Waals surface area contributed by atoms with Crippen LogP contribution in [-0.4, -0.2) is 17.8 Å². The van der Waals surface area contributed by atoms with Gasteiger partial charge < -0.3 is 4.74 Å². The number of nitriles is 1. The molecule has 1 heterocycles. The Morgan fingerprint density at radius 1 is 1.33 bits per heavy atom. The third kappa shape index (κ3) is 3.54. The largest absolute Gasteiger partial charge is 0.494 e. The van der Waals surface area contributed by atoms with Gasteiger partial charge in [-0.2, -0.15) is 5.26 Å². The molecule has 0 bridgehead atoms. The molecule has 0 aliphatic rings. The van der Waals surface area contributed by atoms with E-state index in [2.05, 4.69) is 11.6 Å². The second-order valence-corrected chi connectivity index (χ2v) is 6.79. The van der Waals surface area contributed by atoms with Crippen molar-refractivity contribution in [3.8, 4) is 6.07 Å². The maximum Gasteiger partial charge on any atom is 0.161 e. The monoisotopic (exact) mass is 392 g/mol. The molecule has 0 radical (unpaired) electrons. The van der Waals surface area contributed by atoms with Crippen molar-refractivity contribution in [2.24, 2.45) is 0 Å². The van der Waals surface area contributed by atoms with Gasteiger partial charge in [-0.05, 0) is 33.1 Å². The third-order valence-corrected chi connectivity index (χ3v) is 5.05. The molecule has 1 aromatic carbocycles. The highest BCUT2D eigenvalue weighted by Gasteiger charge is 2.39. The predicted octanol–water partition coefficient (Wildman–Crippen LogP) is 5.37. The van der Waals surface area contributed by atoms with Crippen molar-refractivity contribution in [1.29, 1.82) is 5.26 Å². The summed E-state index contributed by atoms with van der Waals surface area (Å²) in [6.45, 7) is 8.43. The van der Waals surface area contributed by atoms with Crippen LogP contribution in [0.1, 0.15) is 36.1 Å². The SMILES string of the molecule is C=C(OCC)c1cnc(SC)c(F)c1C(C)(C#N)c1ccc(F)c(C)c1F. The summed E-state index contributed by atoms with van der Waals surface area (Å²) in [7, 11) is 0. The van der Waals surface area contributed by atoms with Gasteiger partial charge in [-0.25, -0.2) is 18.2 Å². The van der Waals surface area contributed by atoms with Gasteiger partial charge in [-0.15, -0.1) is 11.8 Å². The second-order valence-electron chi connectivity index (χ2n) is 6.00. The van der Waals surface area contributed by atoms with Crippen LogP contribution in [0.3, 0.4) is 0 Å². The number of rotatable bonds is 6. The van der Waals surface area contributed by atoms with Crippen molar-refractivity contribution in [1.82, 2.24) is 4.98 Å². The summed E-state index contributed by atoms with van der Waals surface area (Å²) in [5, 5.41) is 9.98. The molecule has 142 valence electrons. The minimum Gasteiger partial charge on any atom is -0.494 e. The van der Waals surface area contributed by atoms with Crippen molar-refractivity contribution >= 4 is 17.5 Å². The summed E-state index contributed by atoms with van der Waals surface area (Å²) < 4.78 is 49.2. The van der Waals surface area contributed by atoms with Gasteiger partial charge in [0, 0.05) is 28.5 Å². The third-order valence-electron chi connectivity index (χ3n) is 4.38. The van der Waals surface area contributed by atoms with E-state index in [1.165, 1.54) is 20.0 Å². The summed E-state index contributed by atoms with van der Waals surface area (Å²) in [5.41, 5.74) is -2.06. The van der Waals surface area contributed by atoms with E-state index in [4.69, 9.17) is 4.74 Å². The van der Waals surface area contributed by atoms with Gasteiger partial charge in [0.25, 0.3) is 0 Å². The van der Waals surface area contributed by atoms with Crippen molar-refractivity contribution in [2.45, 2.75) is 31.2 Å². The number of nitrogens with zero attached hydrogens (tertiary/aromatic N) is 2. The van der Waals surface area contributed by atoms with Crippen LogP contribution in [0, 0.1) is 35.7 Å². The van der Waals surface area contributed by atoms with Gasteiger partial charge in [-0.1, -0.05) is 12.6 Å². The number of benzene rings is 1. The number of hydrogen-bond acceptors (Lipinski definition) is 4. The molecule has 0 N–H and O–H groups in total. The Bertz CT molecular complexity index is 940. The maximum absolute atomic E-state index is 15.3. The van der Waals surface area contributed by atoms with Crippen LogP contribution in [0.25, 0.3) is 5.76 Å². The Labute approximate surface area is 160 Å². The summed E-state index contributed by atoms with van der Waals surface area (Å²) in [5.74, 6) is -2.28. The summed E-state index contributed by atoms with van der Waals surface area (Å²) in [6.07, 6.45) is 2.99. The number of ether oxygens (including phenoxy) is 1. The number of thioether (sulfide) groups is 1. The average Bonchev–Trinajstić information content (AvgIpc) is 2.65. The van der Waals surface area contributed by atoms with E-state index >= 15 is 4.39 Å². The maximum atomic E-state index is 15.3. The van der Waals surface area contributed by atoms with E-state index in [1.54, 1.807) is 13.2 Å². The van der Waals surface area contributed by atoms with Crippen molar-refractivity contribution in [2.75, 3.05) is 12.9 Å². The second kappa shape index (κ2) is 8.05. The van der Waals surface area contributed by atoms with E-state index in [0.29, 0.717) is 0 Å². The fraction of sp³-hybridized carbons (Fsp3) is 0.300. The van der Waals surface area contributed by atoms with E-state index in [9.17, 15) is 14.0 Å². The molecule has 2 rings (SSSR count). The molecule has 3 nitrogen and oxygen atoms in total. The zero-order valence-corrected chi connectivity index (χ0v) is 16.3. The fourth-order valence-electron chi connectivity index (χ4n) is 2.86. The van der Waals surface area contributed by atoms with Crippen LogP contribution >= 0.6 is 11.8 Å². The minimum absolute atomic E-state index is 0.0544. The van der Waals surface area contributed by atoms with Crippen LogP contribution in [0.15, 0.2) is 29.9 Å². The zero-order valence-electron chi connectivity index (χ0n) is 15.5. The first-order valence-corrected chi connectivity index (χ1v) is 9.36. The zero-order chi connectivity index (χ0) is 20.4. The van der Waals surface area contributed by atoms with Gasteiger partial charge in [0.15, 0.2) is 5.82 Å². The first-order valence-electron chi connectivity index (χ1n) is 8.14. The van der Waals surface area contributed by atoms with Crippen LogP contribution in [0.5, 0.6) is 0 Å². The van der Waals surface area contributed by atoms with Gasteiger partial charge >= 0.3 is 0 Å². The van der Waals surface area contributed by atoms with Gasteiger partial charge in [-0.3, -0.25) is 0 Å². The van der Waals surface area contributed by atoms with E-state index in [0.717, 1.165) is 23.9 Å². The molecule has 0 fully saturated rings. The molecule has 0 aliphatic heterocycles. The normalized spacial score (nSPS) is 13.0. The summed E-state index contributed by atoms with van der Waals surface area (Å²) in [6, 6.07) is 4.22. The van der Waals surface area contributed by atoms with E-state index in [1.807, 2.05) is 6.07 Å². The highest BCUT2D eigenvalue weighted by atomic mass is 32.2. The molecule has 0 spiro atoms. The number of halogens is 3. The lowest BCUT2D eigenvalue weighted by atomic mass is 9.74. The first-order chi connectivity index (χ1) is 12.7. The van der Waals surface area contributed by atoms with E-state index < -0.39 is 22.9 Å². The van der Waals surface area contributed by atoms with Gasteiger partial charge in [0.05, 0.1) is 12.7 Å². The lowest BCUT2D eigenvalue weighted by molar-refractivity contribution is 0.298. The van der Waals surface area contributed by atoms with Crippen LogP contribution in [0.4, 0.5) is 13.2 Å². The smallest absolute Gasteiger partial charge is 0.161 e. The van der Waals surface area contributed by atoms with Gasteiger partial charge in [0.2, 0.25) is 0 Å². The van der Waals surface area contributed by atoms with Crippen LogP contribution in [0.2, 0.25) is 0 Å². The van der Waals surface area contributed by atoms with Crippen LogP contribution in [-0.2, 0) is 10.2 Å². The molecular formula is C20H19F3N2OS. The Morgan fingerprint density at radius 2 is 2.00 bits per heavy atom. The molecule has 1 atom stereocenters. The average molecular weight is 392 g/mol. The molecule has 0 aliphatic carbocycles. The molecule has 1 aromatic heterocycles. The Hall–Kier alpha value is -2.46. The number of hydrogen-bond donors (Lipinski definition) is 0. The standard InChI is InChI=1S/C20H19F3N2OS/c1-6-26-12(3)13-9-25-19(27-5)18(23)16(13)20(4,10-24)14-7-8-15(21)11(2)17(14)22/h7-9H,3,6H2,1-2,4-5H3. The lowest BCUT2D eigenvalue weighted by Crippen LogP contribution is -2.27. The fourth-order valence-corrected chi connectivity index (χ4v) is 3.30. The molecule has 0 saturated heterocycles. The predicted molar refractivity (Wildman–Crippen MR) is 99.8 cm³/mol. The van der Waals surface area contributed by atoms with Gasteiger partial charge in [0.1, 0.15) is 27.8 Å². The quantitative estimate of drug-likeness (QED) is 0.490. The molecule has 0 amide bonds. The molecule has 0 saturated carbocycles. The number of pyridine rings is 1. The highest BCUT2D eigenvalue weighted by molar-refractivity contribution is 7.98. The van der Waals surface area contributed by atoms with Crippen molar-refractivity contribution < 1.29 is 17.9 Å². The highest BCUT2D eigenvalue weighted by Crippen LogP contribution is 2.41. The minimum atomic E-state index is -1.75. The topological polar surface area (TPSA) is 45.9 Å². The van der Waals surface area contributed by atoms with Crippen LogP contribution < -0.4 is 0 Å². The number of aromatic nitrogens is 1. The summed E-state index contributed by atoms with van der Waals surface area (Å²) in [4.78, 5) is 4.04. The molecule has 7 heteroatoms. The van der Waals surface area contributed by atoms with Crippen molar-refractivity contribution in [3.63, 3.8) is 0 Å². The molecule has 27 heavy (non-hydrogen) atoms. The summed E-state index contributed by atoms with van der Waals surface area (Å²) >= 11 is 1.06. The Morgan fingerprint density at radius 3 is 2.56 bits per heavy atom. The van der Waals surface area contributed by atoms with E-state index in [-0.39, 0.29) is 39.6 Å². The molecule has 2 aromatic rings. The Kier molecular flexibility index (Phi) is 6.22.